The molecule has 0 fully saturated rings. The molecule has 0 bridgehead atoms. The van der Waals surface area contributed by atoms with Crippen LogP contribution in [0, 0.1) is 0 Å². The zero-order valence-electron chi connectivity index (χ0n) is 9.42. The summed E-state index contributed by atoms with van der Waals surface area (Å²) >= 11 is 8.64. The van der Waals surface area contributed by atoms with Gasteiger partial charge in [-0.3, -0.25) is 4.79 Å². The van der Waals surface area contributed by atoms with Crippen molar-refractivity contribution in [2.45, 2.75) is 4.34 Å². The van der Waals surface area contributed by atoms with Gasteiger partial charge in [-0.05, 0) is 12.1 Å². The number of esters is 1. The van der Waals surface area contributed by atoms with Crippen molar-refractivity contribution in [1.82, 2.24) is 10.2 Å². The van der Waals surface area contributed by atoms with Gasteiger partial charge < -0.3 is 4.74 Å². The third-order valence-electron chi connectivity index (χ3n) is 2.02. The molecule has 0 saturated carbocycles. The molecule has 0 unspecified atom stereocenters. The SMILES string of the molecule is COC(=O)CSc1nnc(-c2cccc(Cl)c2)s1. The van der Waals surface area contributed by atoms with Gasteiger partial charge in [0.05, 0.1) is 12.9 Å². The van der Waals surface area contributed by atoms with Crippen LogP contribution in [0.1, 0.15) is 0 Å². The van der Waals surface area contributed by atoms with E-state index >= 15 is 0 Å². The van der Waals surface area contributed by atoms with Crippen LogP contribution in [-0.2, 0) is 9.53 Å². The number of carbonyl (C=O) groups is 1. The summed E-state index contributed by atoms with van der Waals surface area (Å²) in [5.74, 6) is -0.0415. The lowest BCUT2D eigenvalue weighted by Crippen LogP contribution is -2.02. The minimum Gasteiger partial charge on any atom is -0.468 e. The number of hydrogen-bond donors (Lipinski definition) is 0. The van der Waals surface area contributed by atoms with E-state index in [9.17, 15) is 4.79 Å². The summed E-state index contributed by atoms with van der Waals surface area (Å²) in [5.41, 5.74) is 0.921. The molecule has 18 heavy (non-hydrogen) atoms. The Bertz CT molecular complexity index is 559. The third-order valence-corrected chi connectivity index (χ3v) is 4.33. The molecule has 0 amide bonds. The largest absolute Gasteiger partial charge is 0.468 e. The average molecular weight is 301 g/mol. The van der Waals surface area contributed by atoms with E-state index in [1.165, 1.54) is 30.2 Å². The molecular formula is C11H9ClN2O2S2. The molecule has 4 nitrogen and oxygen atoms in total. The Kier molecular flexibility index (Phi) is 4.57. The highest BCUT2D eigenvalue weighted by Crippen LogP contribution is 2.30. The molecule has 2 rings (SSSR count). The Hall–Kier alpha value is -1.11. The van der Waals surface area contributed by atoms with E-state index in [2.05, 4.69) is 14.9 Å². The molecule has 1 aromatic heterocycles. The van der Waals surface area contributed by atoms with Crippen molar-refractivity contribution in [3.63, 3.8) is 0 Å². The molecule has 0 aliphatic heterocycles. The van der Waals surface area contributed by atoms with Gasteiger partial charge in [0, 0.05) is 10.6 Å². The minimum absolute atomic E-state index is 0.237. The summed E-state index contributed by atoms with van der Waals surface area (Å²) in [6.45, 7) is 0. The lowest BCUT2D eigenvalue weighted by Gasteiger charge is -1.95. The van der Waals surface area contributed by atoms with Crippen LogP contribution in [0.15, 0.2) is 28.6 Å². The number of aromatic nitrogens is 2. The Balaban J connectivity index is 2.08. The first-order chi connectivity index (χ1) is 8.69. The predicted octanol–water partition coefficient (Wildman–Crippen LogP) is 3.12. The average Bonchev–Trinajstić information content (AvgIpc) is 2.84. The van der Waals surface area contributed by atoms with E-state index in [0.717, 1.165) is 14.9 Å². The van der Waals surface area contributed by atoms with Crippen molar-refractivity contribution >= 4 is 40.7 Å². The van der Waals surface area contributed by atoms with Gasteiger partial charge in [0.15, 0.2) is 4.34 Å². The number of thioether (sulfide) groups is 1. The van der Waals surface area contributed by atoms with Crippen molar-refractivity contribution in [3.8, 4) is 10.6 Å². The summed E-state index contributed by atoms with van der Waals surface area (Å²) in [5, 5.41) is 9.52. The highest BCUT2D eigenvalue weighted by molar-refractivity contribution is 8.01. The first-order valence-electron chi connectivity index (χ1n) is 4.98. The standard InChI is InChI=1S/C11H9ClN2O2S2/c1-16-9(15)6-17-11-14-13-10(18-11)7-3-2-4-8(12)5-7/h2-5H,6H2,1H3. The van der Waals surface area contributed by atoms with Crippen LogP contribution >= 0.6 is 34.7 Å². The fourth-order valence-corrected chi connectivity index (χ4v) is 3.06. The topological polar surface area (TPSA) is 52.1 Å². The number of benzene rings is 1. The fourth-order valence-electron chi connectivity index (χ4n) is 1.19. The monoisotopic (exact) mass is 300 g/mol. The summed E-state index contributed by atoms with van der Waals surface area (Å²) in [6, 6.07) is 7.41. The molecule has 0 atom stereocenters. The number of ether oxygens (including phenoxy) is 1. The number of rotatable bonds is 4. The van der Waals surface area contributed by atoms with Crippen molar-refractivity contribution in [2.24, 2.45) is 0 Å². The Labute approximate surface area is 117 Å². The number of hydrogen-bond acceptors (Lipinski definition) is 6. The van der Waals surface area contributed by atoms with Gasteiger partial charge in [0.1, 0.15) is 5.01 Å². The zero-order valence-corrected chi connectivity index (χ0v) is 11.8. The summed E-state index contributed by atoms with van der Waals surface area (Å²) in [6.07, 6.45) is 0. The molecule has 0 aliphatic rings. The maximum atomic E-state index is 11.0. The molecule has 1 aromatic carbocycles. The summed E-state index contributed by atoms with van der Waals surface area (Å²) < 4.78 is 5.29. The molecule has 7 heteroatoms. The van der Waals surface area contributed by atoms with E-state index in [1.807, 2.05) is 18.2 Å². The van der Waals surface area contributed by atoms with Crippen LogP contribution in [0.25, 0.3) is 10.6 Å². The lowest BCUT2D eigenvalue weighted by atomic mass is 10.2. The van der Waals surface area contributed by atoms with Crippen molar-refractivity contribution < 1.29 is 9.53 Å². The molecular weight excluding hydrogens is 292 g/mol. The van der Waals surface area contributed by atoms with Gasteiger partial charge in [0.2, 0.25) is 0 Å². The number of methoxy groups -OCH3 is 1. The van der Waals surface area contributed by atoms with Crippen molar-refractivity contribution in [2.75, 3.05) is 12.9 Å². The van der Waals surface area contributed by atoms with Crippen LogP contribution in [0.3, 0.4) is 0 Å². The van der Waals surface area contributed by atoms with E-state index in [4.69, 9.17) is 11.6 Å². The van der Waals surface area contributed by atoms with Gasteiger partial charge in [-0.1, -0.05) is 46.8 Å². The summed E-state index contributed by atoms with van der Waals surface area (Å²) in [7, 11) is 1.36. The third kappa shape index (κ3) is 3.44. The molecule has 94 valence electrons. The smallest absolute Gasteiger partial charge is 0.316 e. The van der Waals surface area contributed by atoms with Gasteiger partial charge in [-0.15, -0.1) is 10.2 Å². The second kappa shape index (κ2) is 6.17. The second-order valence-corrected chi connectivity index (χ2v) is 5.88. The van der Waals surface area contributed by atoms with Crippen molar-refractivity contribution in [1.29, 1.82) is 0 Å². The number of nitrogens with zero attached hydrogens (tertiary/aromatic N) is 2. The van der Waals surface area contributed by atoms with Crippen molar-refractivity contribution in [3.05, 3.63) is 29.3 Å². The second-order valence-electron chi connectivity index (χ2n) is 3.25. The highest BCUT2D eigenvalue weighted by Gasteiger charge is 2.09. The van der Waals surface area contributed by atoms with Crippen LogP contribution in [0.4, 0.5) is 0 Å². The number of halogens is 1. The maximum absolute atomic E-state index is 11.0. The molecule has 0 spiro atoms. The normalized spacial score (nSPS) is 10.3. The molecule has 1 heterocycles. The maximum Gasteiger partial charge on any atom is 0.316 e. The van der Waals surface area contributed by atoms with Crippen LogP contribution < -0.4 is 0 Å². The van der Waals surface area contributed by atoms with Crippen LogP contribution in [0.2, 0.25) is 5.02 Å². The molecule has 0 saturated heterocycles. The minimum atomic E-state index is -0.278. The Morgan fingerprint density at radius 1 is 1.50 bits per heavy atom. The first kappa shape index (κ1) is 13.3. The van der Waals surface area contributed by atoms with E-state index in [-0.39, 0.29) is 11.7 Å². The Morgan fingerprint density at radius 3 is 3.06 bits per heavy atom. The lowest BCUT2D eigenvalue weighted by molar-refractivity contribution is -0.137. The molecule has 2 aromatic rings. The van der Waals surface area contributed by atoms with Crippen LogP contribution in [0.5, 0.6) is 0 Å². The zero-order chi connectivity index (χ0) is 13.0. The molecule has 0 radical (unpaired) electrons. The highest BCUT2D eigenvalue weighted by atomic mass is 35.5. The first-order valence-corrected chi connectivity index (χ1v) is 7.16. The molecule has 0 N–H and O–H groups in total. The van der Waals surface area contributed by atoms with Gasteiger partial charge >= 0.3 is 5.97 Å². The predicted molar refractivity (Wildman–Crippen MR) is 73.1 cm³/mol. The van der Waals surface area contributed by atoms with E-state index in [1.54, 1.807) is 6.07 Å². The molecule has 0 aliphatic carbocycles. The van der Waals surface area contributed by atoms with Gasteiger partial charge in [-0.2, -0.15) is 0 Å². The van der Waals surface area contributed by atoms with Gasteiger partial charge in [0.25, 0.3) is 0 Å². The fraction of sp³-hybridized carbons (Fsp3) is 0.182. The summed E-state index contributed by atoms with van der Waals surface area (Å²) in [4.78, 5) is 11.0. The van der Waals surface area contributed by atoms with E-state index < -0.39 is 0 Å². The quantitative estimate of drug-likeness (QED) is 0.641. The van der Waals surface area contributed by atoms with Crippen LogP contribution in [-0.4, -0.2) is 29.0 Å². The van der Waals surface area contributed by atoms with Gasteiger partial charge in [-0.25, -0.2) is 0 Å². The number of carbonyl (C=O) groups excluding carboxylic acids is 1. The Morgan fingerprint density at radius 2 is 2.33 bits per heavy atom. The van der Waals surface area contributed by atoms with E-state index in [0.29, 0.717) is 5.02 Å².